The van der Waals surface area contributed by atoms with Gasteiger partial charge in [0.25, 0.3) is 0 Å². The maximum atomic E-state index is 5.40. The molecule has 3 nitrogen and oxygen atoms in total. The Morgan fingerprint density at radius 3 is 2.88 bits per heavy atom. The monoisotopic (exact) mass is 227 g/mol. The molecule has 0 aliphatic carbocycles. The van der Waals surface area contributed by atoms with Crippen LogP contribution in [0.5, 0.6) is 0 Å². The average Bonchev–Trinajstić information content (AvgIpc) is 2.40. The van der Waals surface area contributed by atoms with Crippen LogP contribution in [0.15, 0.2) is 42.6 Å². The second-order valence-corrected chi connectivity index (χ2v) is 4.02. The van der Waals surface area contributed by atoms with E-state index in [0.717, 1.165) is 29.8 Å². The first-order valence-electron chi connectivity index (χ1n) is 5.85. The van der Waals surface area contributed by atoms with Gasteiger partial charge >= 0.3 is 0 Å². The summed E-state index contributed by atoms with van der Waals surface area (Å²) in [5, 5.41) is 0. The summed E-state index contributed by atoms with van der Waals surface area (Å²) in [4.78, 5) is 4.36. The molecule has 0 fully saturated rings. The fraction of sp³-hybridized carbons (Fsp3) is 0.214. The Balaban J connectivity index is 2.34. The van der Waals surface area contributed by atoms with Crippen molar-refractivity contribution >= 4 is 5.69 Å². The number of aromatic nitrogens is 1. The van der Waals surface area contributed by atoms with Gasteiger partial charge in [-0.1, -0.05) is 31.5 Å². The van der Waals surface area contributed by atoms with Crippen molar-refractivity contribution in [1.82, 2.24) is 4.98 Å². The van der Waals surface area contributed by atoms with Crippen LogP contribution in [0.3, 0.4) is 0 Å². The van der Waals surface area contributed by atoms with Crippen molar-refractivity contribution in [2.24, 2.45) is 5.84 Å². The van der Waals surface area contributed by atoms with E-state index >= 15 is 0 Å². The lowest BCUT2D eigenvalue weighted by atomic mass is 10.0. The molecule has 3 N–H and O–H groups in total. The lowest BCUT2D eigenvalue weighted by molar-refractivity contribution is 0.922. The number of pyridine rings is 1. The maximum absolute atomic E-state index is 5.40. The van der Waals surface area contributed by atoms with Crippen LogP contribution >= 0.6 is 0 Å². The van der Waals surface area contributed by atoms with Crippen molar-refractivity contribution < 1.29 is 0 Å². The van der Waals surface area contributed by atoms with Crippen LogP contribution in [0.1, 0.15) is 18.9 Å². The Morgan fingerprint density at radius 2 is 2.12 bits per heavy atom. The summed E-state index contributed by atoms with van der Waals surface area (Å²) in [6.45, 7) is 2.18. The van der Waals surface area contributed by atoms with E-state index in [9.17, 15) is 0 Å². The highest BCUT2D eigenvalue weighted by Gasteiger charge is 2.01. The first-order chi connectivity index (χ1) is 8.33. The van der Waals surface area contributed by atoms with Crippen LogP contribution in [-0.2, 0) is 6.42 Å². The number of nitrogens with one attached hydrogen (secondary N) is 1. The summed E-state index contributed by atoms with van der Waals surface area (Å²) < 4.78 is 0. The van der Waals surface area contributed by atoms with E-state index in [1.807, 2.05) is 12.1 Å². The van der Waals surface area contributed by atoms with Gasteiger partial charge in [-0.15, -0.1) is 0 Å². The number of nitrogen functional groups attached to an aromatic ring is 1. The third-order valence-corrected chi connectivity index (χ3v) is 2.69. The van der Waals surface area contributed by atoms with Crippen LogP contribution in [0.25, 0.3) is 11.3 Å². The summed E-state index contributed by atoms with van der Waals surface area (Å²) in [7, 11) is 0. The molecule has 0 atom stereocenters. The molecule has 0 amide bonds. The van der Waals surface area contributed by atoms with Gasteiger partial charge in [0, 0.05) is 11.8 Å². The smallest absolute Gasteiger partial charge is 0.0723 e. The maximum Gasteiger partial charge on any atom is 0.0723 e. The van der Waals surface area contributed by atoms with Crippen LogP contribution in [0.2, 0.25) is 0 Å². The second kappa shape index (κ2) is 5.46. The third-order valence-electron chi connectivity index (χ3n) is 2.69. The van der Waals surface area contributed by atoms with Gasteiger partial charge in [-0.05, 0) is 30.2 Å². The number of benzene rings is 1. The topological polar surface area (TPSA) is 50.9 Å². The summed E-state index contributed by atoms with van der Waals surface area (Å²) in [5.74, 6) is 5.40. The lowest BCUT2D eigenvalue weighted by Crippen LogP contribution is -2.06. The van der Waals surface area contributed by atoms with Gasteiger partial charge in [-0.25, -0.2) is 0 Å². The van der Waals surface area contributed by atoms with Crippen molar-refractivity contribution in [2.45, 2.75) is 19.8 Å². The van der Waals surface area contributed by atoms with E-state index < -0.39 is 0 Å². The fourth-order valence-corrected chi connectivity index (χ4v) is 1.85. The highest BCUT2D eigenvalue weighted by molar-refractivity contribution is 5.64. The predicted octanol–water partition coefficient (Wildman–Crippen LogP) is 2.99. The van der Waals surface area contributed by atoms with Gasteiger partial charge < -0.3 is 5.43 Å². The molecule has 0 aliphatic rings. The van der Waals surface area contributed by atoms with E-state index in [0.29, 0.717) is 0 Å². The molecule has 1 aromatic carbocycles. The van der Waals surface area contributed by atoms with Crippen molar-refractivity contribution in [3.8, 4) is 11.3 Å². The number of hydrazine groups is 1. The molecule has 3 heteroatoms. The van der Waals surface area contributed by atoms with Gasteiger partial charge in [-0.3, -0.25) is 10.8 Å². The van der Waals surface area contributed by atoms with Crippen molar-refractivity contribution in [2.75, 3.05) is 5.43 Å². The first kappa shape index (κ1) is 11.6. The van der Waals surface area contributed by atoms with E-state index in [4.69, 9.17) is 5.84 Å². The minimum Gasteiger partial charge on any atom is -0.324 e. The Kier molecular flexibility index (Phi) is 3.73. The number of rotatable bonds is 4. The van der Waals surface area contributed by atoms with E-state index in [-0.39, 0.29) is 0 Å². The summed E-state index contributed by atoms with van der Waals surface area (Å²) in [6, 6.07) is 12.3. The Bertz CT molecular complexity index is 494. The summed E-state index contributed by atoms with van der Waals surface area (Å²) >= 11 is 0. The van der Waals surface area contributed by atoms with Crippen LogP contribution in [0.4, 0.5) is 5.69 Å². The van der Waals surface area contributed by atoms with E-state index in [2.05, 4.69) is 41.6 Å². The largest absolute Gasteiger partial charge is 0.324 e. The van der Waals surface area contributed by atoms with Gasteiger partial charge in [0.1, 0.15) is 0 Å². The van der Waals surface area contributed by atoms with E-state index in [1.54, 1.807) is 6.20 Å². The number of anilines is 1. The zero-order valence-corrected chi connectivity index (χ0v) is 9.98. The Morgan fingerprint density at radius 1 is 1.24 bits per heavy atom. The molecule has 0 spiro atoms. The number of aryl methyl sites for hydroxylation is 1. The second-order valence-electron chi connectivity index (χ2n) is 4.02. The molecule has 88 valence electrons. The Hall–Kier alpha value is -1.87. The Labute approximate surface area is 102 Å². The summed E-state index contributed by atoms with van der Waals surface area (Å²) in [5.41, 5.74) is 6.93. The molecule has 17 heavy (non-hydrogen) atoms. The van der Waals surface area contributed by atoms with Crippen LogP contribution < -0.4 is 11.3 Å². The zero-order chi connectivity index (χ0) is 12.1. The molecular weight excluding hydrogens is 210 g/mol. The van der Waals surface area contributed by atoms with Crippen molar-refractivity contribution in [1.29, 1.82) is 0 Å². The minimum absolute atomic E-state index is 0.871. The molecule has 1 aromatic heterocycles. The van der Waals surface area contributed by atoms with Gasteiger partial charge in [0.05, 0.1) is 11.4 Å². The highest BCUT2D eigenvalue weighted by Crippen LogP contribution is 2.21. The van der Waals surface area contributed by atoms with E-state index in [1.165, 1.54) is 5.56 Å². The molecule has 2 rings (SSSR count). The third kappa shape index (κ3) is 2.82. The molecule has 0 saturated heterocycles. The van der Waals surface area contributed by atoms with Gasteiger partial charge in [0.2, 0.25) is 0 Å². The molecule has 0 bridgehead atoms. The fourth-order valence-electron chi connectivity index (χ4n) is 1.85. The molecular formula is C14H17N3. The molecule has 2 aromatic rings. The zero-order valence-electron chi connectivity index (χ0n) is 9.98. The number of nitrogens with two attached hydrogens (primary N) is 1. The highest BCUT2D eigenvalue weighted by atomic mass is 15.2. The molecule has 1 heterocycles. The van der Waals surface area contributed by atoms with Gasteiger partial charge in [0.15, 0.2) is 0 Å². The lowest BCUT2D eigenvalue weighted by Gasteiger charge is -2.06. The average molecular weight is 227 g/mol. The van der Waals surface area contributed by atoms with Crippen molar-refractivity contribution in [3.63, 3.8) is 0 Å². The number of nitrogens with zero attached hydrogens (tertiary/aromatic N) is 1. The SMILES string of the molecule is CCCc1cccc(-c2cc(NN)ccn2)c1. The van der Waals surface area contributed by atoms with Crippen LogP contribution in [0, 0.1) is 0 Å². The number of hydrogen-bond donors (Lipinski definition) is 2. The van der Waals surface area contributed by atoms with Crippen molar-refractivity contribution in [3.05, 3.63) is 48.2 Å². The molecule has 0 unspecified atom stereocenters. The van der Waals surface area contributed by atoms with Crippen LogP contribution in [-0.4, -0.2) is 4.98 Å². The molecule has 0 aliphatic heterocycles. The normalized spacial score (nSPS) is 10.2. The predicted molar refractivity (Wildman–Crippen MR) is 71.5 cm³/mol. The first-order valence-corrected chi connectivity index (χ1v) is 5.85. The number of hydrogen-bond acceptors (Lipinski definition) is 3. The standard InChI is InChI=1S/C14H17N3/c1-2-4-11-5-3-6-12(9-11)14-10-13(17-15)7-8-16-14/h3,5-10H,2,4,15H2,1H3,(H,16,17). The minimum atomic E-state index is 0.871. The molecule has 0 saturated carbocycles. The van der Waals surface area contributed by atoms with Gasteiger partial charge in [-0.2, -0.15) is 0 Å². The molecule has 0 radical (unpaired) electrons. The quantitative estimate of drug-likeness (QED) is 0.623. The summed E-state index contributed by atoms with van der Waals surface area (Å²) in [6.07, 6.45) is 4.01.